The minimum Gasteiger partial charge on any atom is -0.363 e. The minimum absolute atomic E-state index is 0.764. The van der Waals surface area contributed by atoms with E-state index >= 15 is 0 Å². The number of nitriles is 1. The molecule has 0 aliphatic heterocycles. The Morgan fingerprint density at radius 1 is 1.78 bits per heavy atom. The molecule has 3 heteroatoms. The van der Waals surface area contributed by atoms with Gasteiger partial charge in [0.2, 0.25) is 6.19 Å². The molecule has 0 aromatic heterocycles. The van der Waals surface area contributed by atoms with Gasteiger partial charge in [-0.05, 0) is 13.8 Å². The average Bonchev–Trinajstić information content (AvgIpc) is 1.87. The van der Waals surface area contributed by atoms with Gasteiger partial charge in [0.25, 0.3) is 0 Å². The second-order valence-electron chi connectivity index (χ2n) is 1.77. The largest absolute Gasteiger partial charge is 0.363 e. The van der Waals surface area contributed by atoms with Crippen LogP contribution in [0.25, 0.3) is 0 Å². The normalized spacial score (nSPS) is 10.7. The van der Waals surface area contributed by atoms with Gasteiger partial charge in [-0.25, -0.2) is 0 Å². The van der Waals surface area contributed by atoms with Gasteiger partial charge >= 0.3 is 0 Å². The summed E-state index contributed by atoms with van der Waals surface area (Å²) in [5, 5.41) is 8.12. The molecule has 0 aliphatic rings. The summed E-state index contributed by atoms with van der Waals surface area (Å²) < 4.78 is 0. The summed E-state index contributed by atoms with van der Waals surface area (Å²) in [6.45, 7) is 4.71. The van der Waals surface area contributed by atoms with Crippen LogP contribution in [-0.2, 0) is 0 Å². The fraction of sp³-hybridized carbons (Fsp3) is 0.667. The van der Waals surface area contributed by atoms with E-state index in [1.165, 1.54) is 0 Å². The second-order valence-corrected chi connectivity index (χ2v) is 1.77. The lowest BCUT2D eigenvalue weighted by Crippen LogP contribution is -2.23. The van der Waals surface area contributed by atoms with E-state index in [-0.39, 0.29) is 0 Å². The maximum Gasteiger partial charge on any atom is 0.207 e. The van der Waals surface area contributed by atoms with Crippen LogP contribution in [0.1, 0.15) is 13.8 Å². The van der Waals surface area contributed by atoms with Crippen LogP contribution in [0.5, 0.6) is 0 Å². The Morgan fingerprint density at radius 3 is 2.67 bits per heavy atom. The molecule has 0 aromatic carbocycles. The van der Waals surface area contributed by atoms with Gasteiger partial charge in [0, 0.05) is 13.6 Å². The standard InChI is InChI=1S/C6H11N3/c1-4-9(3)6(2)8-5-7/h4H2,1-3H3. The molecule has 0 atom stereocenters. The third-order valence-electron chi connectivity index (χ3n) is 1.24. The summed E-state index contributed by atoms with van der Waals surface area (Å²) in [5.41, 5.74) is 0. The molecule has 0 fully saturated rings. The molecule has 0 aliphatic carbocycles. The monoisotopic (exact) mass is 125 g/mol. The minimum atomic E-state index is 0.764. The predicted octanol–water partition coefficient (Wildman–Crippen LogP) is 0.838. The van der Waals surface area contributed by atoms with Crippen molar-refractivity contribution in [2.45, 2.75) is 13.8 Å². The number of hydrogen-bond donors (Lipinski definition) is 0. The lowest BCUT2D eigenvalue weighted by atomic mass is 10.5. The lowest BCUT2D eigenvalue weighted by Gasteiger charge is -2.13. The van der Waals surface area contributed by atoms with Crippen molar-refractivity contribution in [3.8, 4) is 6.19 Å². The highest BCUT2D eigenvalue weighted by molar-refractivity contribution is 5.80. The lowest BCUT2D eigenvalue weighted by molar-refractivity contribution is 0.532. The average molecular weight is 125 g/mol. The highest BCUT2D eigenvalue weighted by atomic mass is 15.1. The van der Waals surface area contributed by atoms with Crippen LogP contribution in [0, 0.1) is 11.5 Å². The van der Waals surface area contributed by atoms with Gasteiger partial charge in [-0.15, -0.1) is 0 Å². The van der Waals surface area contributed by atoms with Crippen molar-refractivity contribution in [1.29, 1.82) is 5.26 Å². The summed E-state index contributed by atoms with van der Waals surface area (Å²) in [7, 11) is 1.90. The van der Waals surface area contributed by atoms with Gasteiger partial charge < -0.3 is 4.90 Å². The van der Waals surface area contributed by atoms with Crippen molar-refractivity contribution in [3.63, 3.8) is 0 Å². The first kappa shape index (κ1) is 7.96. The van der Waals surface area contributed by atoms with Gasteiger partial charge in [-0.2, -0.15) is 10.3 Å². The van der Waals surface area contributed by atoms with Crippen molar-refractivity contribution >= 4 is 5.84 Å². The first-order valence-corrected chi connectivity index (χ1v) is 2.86. The van der Waals surface area contributed by atoms with Crippen molar-refractivity contribution in [2.75, 3.05) is 13.6 Å². The van der Waals surface area contributed by atoms with Crippen LogP contribution < -0.4 is 0 Å². The molecule has 0 amide bonds. The maximum absolute atomic E-state index is 8.12. The van der Waals surface area contributed by atoms with Crippen LogP contribution >= 0.6 is 0 Å². The first-order chi connectivity index (χ1) is 4.22. The van der Waals surface area contributed by atoms with E-state index in [0.717, 1.165) is 12.4 Å². The van der Waals surface area contributed by atoms with Crippen LogP contribution in [0.15, 0.2) is 4.99 Å². The third-order valence-corrected chi connectivity index (χ3v) is 1.24. The fourth-order valence-corrected chi connectivity index (χ4v) is 0.387. The van der Waals surface area contributed by atoms with E-state index in [1.807, 2.05) is 25.8 Å². The Balaban J connectivity index is 3.89. The molecule has 3 nitrogen and oxygen atoms in total. The van der Waals surface area contributed by atoms with Crippen molar-refractivity contribution in [1.82, 2.24) is 4.90 Å². The molecule has 0 N–H and O–H groups in total. The molecule has 0 aromatic rings. The zero-order chi connectivity index (χ0) is 7.28. The van der Waals surface area contributed by atoms with E-state index in [4.69, 9.17) is 5.26 Å². The van der Waals surface area contributed by atoms with Gasteiger partial charge in [-0.3, -0.25) is 0 Å². The van der Waals surface area contributed by atoms with E-state index in [1.54, 1.807) is 6.19 Å². The van der Waals surface area contributed by atoms with Gasteiger partial charge in [0.05, 0.1) is 0 Å². The Morgan fingerprint density at radius 2 is 2.33 bits per heavy atom. The van der Waals surface area contributed by atoms with Gasteiger partial charge in [0.15, 0.2) is 0 Å². The molecule has 0 spiro atoms. The summed E-state index contributed by atoms with van der Waals surface area (Å²) >= 11 is 0. The summed E-state index contributed by atoms with van der Waals surface area (Å²) in [6.07, 6.45) is 1.73. The molecule has 0 radical (unpaired) electrons. The zero-order valence-corrected chi connectivity index (χ0v) is 6.05. The number of rotatable bonds is 1. The third kappa shape index (κ3) is 2.70. The molecular formula is C6H11N3. The Hall–Kier alpha value is -1.04. The highest BCUT2D eigenvalue weighted by Crippen LogP contribution is 1.84. The first-order valence-electron chi connectivity index (χ1n) is 2.86. The molecule has 0 saturated carbocycles. The zero-order valence-electron chi connectivity index (χ0n) is 6.05. The molecule has 0 rings (SSSR count). The Labute approximate surface area is 55.6 Å². The van der Waals surface area contributed by atoms with E-state index in [2.05, 4.69) is 4.99 Å². The number of nitrogens with zero attached hydrogens (tertiary/aromatic N) is 3. The predicted molar refractivity (Wildman–Crippen MR) is 37.0 cm³/mol. The number of aliphatic imine (C=N–C) groups is 1. The summed E-state index contributed by atoms with van der Waals surface area (Å²) in [4.78, 5) is 5.45. The molecule has 0 bridgehead atoms. The van der Waals surface area contributed by atoms with Crippen LogP contribution in [0.3, 0.4) is 0 Å². The highest BCUT2D eigenvalue weighted by Gasteiger charge is 1.93. The summed E-state index contributed by atoms with van der Waals surface area (Å²) in [5.74, 6) is 0.764. The van der Waals surface area contributed by atoms with Crippen LogP contribution in [0.2, 0.25) is 0 Å². The van der Waals surface area contributed by atoms with E-state index < -0.39 is 0 Å². The van der Waals surface area contributed by atoms with Crippen molar-refractivity contribution < 1.29 is 0 Å². The molecule has 9 heavy (non-hydrogen) atoms. The topological polar surface area (TPSA) is 39.4 Å². The van der Waals surface area contributed by atoms with E-state index in [9.17, 15) is 0 Å². The molecule has 0 heterocycles. The van der Waals surface area contributed by atoms with Crippen LogP contribution in [0.4, 0.5) is 0 Å². The molecule has 0 unspecified atom stereocenters. The Bertz CT molecular complexity index is 143. The molecule has 0 saturated heterocycles. The smallest absolute Gasteiger partial charge is 0.207 e. The quantitative estimate of drug-likeness (QED) is 0.296. The van der Waals surface area contributed by atoms with Gasteiger partial charge in [0.1, 0.15) is 5.84 Å². The maximum atomic E-state index is 8.12. The second kappa shape index (κ2) is 3.90. The molecular weight excluding hydrogens is 114 g/mol. The van der Waals surface area contributed by atoms with Crippen LogP contribution in [-0.4, -0.2) is 24.3 Å². The number of hydrogen-bond acceptors (Lipinski definition) is 2. The summed E-state index contributed by atoms with van der Waals surface area (Å²) in [6, 6.07) is 0. The Kier molecular flexibility index (Phi) is 3.45. The van der Waals surface area contributed by atoms with Crippen molar-refractivity contribution in [3.05, 3.63) is 0 Å². The van der Waals surface area contributed by atoms with Gasteiger partial charge in [-0.1, -0.05) is 0 Å². The molecule has 50 valence electrons. The SMILES string of the molecule is CCN(C)C(C)=NC#N. The fourth-order valence-electron chi connectivity index (χ4n) is 0.387. The van der Waals surface area contributed by atoms with Crippen molar-refractivity contribution in [2.24, 2.45) is 4.99 Å². The number of amidine groups is 1. The van der Waals surface area contributed by atoms with E-state index in [0.29, 0.717) is 0 Å².